The largest absolute Gasteiger partial charge is 0.477 e. The van der Waals surface area contributed by atoms with Crippen LogP contribution in [0.3, 0.4) is 0 Å². The van der Waals surface area contributed by atoms with Crippen molar-refractivity contribution in [3.05, 3.63) is 29.6 Å². The van der Waals surface area contributed by atoms with E-state index < -0.39 is 11.9 Å². The summed E-state index contributed by atoms with van der Waals surface area (Å²) in [5, 5.41) is 8.79. The topological polar surface area (TPSA) is 76.5 Å². The van der Waals surface area contributed by atoms with Gasteiger partial charge in [-0.2, -0.15) is 0 Å². The molecule has 20 heavy (non-hydrogen) atoms. The van der Waals surface area contributed by atoms with Crippen LogP contribution in [0.15, 0.2) is 18.2 Å². The predicted octanol–water partition coefficient (Wildman–Crippen LogP) is 3.30. The summed E-state index contributed by atoms with van der Waals surface area (Å²) in [7, 11) is 0. The summed E-state index contributed by atoms with van der Waals surface area (Å²) < 4.78 is 5.07. The first-order valence-corrected chi connectivity index (χ1v) is 7.02. The Kier molecular flexibility index (Phi) is 7.32. The Balaban J connectivity index is 2.29. The van der Waals surface area contributed by atoms with Crippen LogP contribution in [-0.4, -0.2) is 28.6 Å². The van der Waals surface area contributed by atoms with Gasteiger partial charge in [0, 0.05) is 0 Å². The molecular weight excluding hydrogens is 258 g/mol. The first-order valence-electron chi connectivity index (χ1n) is 7.02. The second-order valence-electron chi connectivity index (χ2n) is 4.62. The van der Waals surface area contributed by atoms with Crippen LogP contribution in [0, 0.1) is 0 Å². The van der Waals surface area contributed by atoms with Crippen molar-refractivity contribution in [2.75, 3.05) is 6.61 Å². The van der Waals surface area contributed by atoms with E-state index in [4.69, 9.17) is 9.84 Å². The van der Waals surface area contributed by atoms with Crippen LogP contribution in [0.2, 0.25) is 0 Å². The summed E-state index contributed by atoms with van der Waals surface area (Å²) in [6.45, 7) is 2.52. The van der Waals surface area contributed by atoms with Crippen molar-refractivity contribution in [2.45, 2.75) is 45.4 Å². The maximum Gasteiger partial charge on any atom is 0.356 e. The average Bonchev–Trinajstić information content (AvgIpc) is 2.46. The number of aromatic nitrogens is 1. The molecule has 1 aromatic rings. The molecule has 0 radical (unpaired) electrons. The molecule has 1 heterocycles. The second-order valence-corrected chi connectivity index (χ2v) is 4.62. The minimum absolute atomic E-state index is 0.0379. The summed E-state index contributed by atoms with van der Waals surface area (Å²) in [6.07, 6.45) is 6.68. The third-order valence-electron chi connectivity index (χ3n) is 2.91. The first kappa shape index (κ1) is 16.1. The zero-order valence-electron chi connectivity index (χ0n) is 11.8. The van der Waals surface area contributed by atoms with Crippen molar-refractivity contribution in [3.8, 4) is 0 Å². The summed E-state index contributed by atoms with van der Waals surface area (Å²) in [5.41, 5.74) is -0.116. The van der Waals surface area contributed by atoms with E-state index in [0.717, 1.165) is 19.3 Å². The first-order chi connectivity index (χ1) is 9.65. The maximum atomic E-state index is 11.7. The molecule has 1 rings (SSSR count). The van der Waals surface area contributed by atoms with E-state index in [9.17, 15) is 9.59 Å². The van der Waals surface area contributed by atoms with Gasteiger partial charge in [0.25, 0.3) is 0 Å². The summed E-state index contributed by atoms with van der Waals surface area (Å²) in [5.74, 6) is -1.72. The van der Waals surface area contributed by atoms with Crippen molar-refractivity contribution in [1.82, 2.24) is 4.98 Å². The van der Waals surface area contributed by atoms with E-state index in [-0.39, 0.29) is 11.4 Å². The average molecular weight is 279 g/mol. The standard InChI is InChI=1S/C15H21NO4/c1-2-3-4-5-6-7-11-20-15(19)13-10-8-9-12(16-13)14(17)18/h8-10H,2-7,11H2,1H3,(H,17,18). The fourth-order valence-electron chi connectivity index (χ4n) is 1.79. The molecule has 0 aliphatic heterocycles. The number of ether oxygens (including phenoxy) is 1. The number of pyridine rings is 1. The van der Waals surface area contributed by atoms with Gasteiger partial charge in [-0.3, -0.25) is 0 Å². The molecule has 0 unspecified atom stereocenters. The van der Waals surface area contributed by atoms with E-state index in [0.29, 0.717) is 6.61 Å². The third-order valence-corrected chi connectivity index (χ3v) is 2.91. The van der Waals surface area contributed by atoms with Crippen LogP contribution in [0.5, 0.6) is 0 Å². The van der Waals surface area contributed by atoms with Crippen LogP contribution in [0.1, 0.15) is 66.4 Å². The molecule has 0 bridgehead atoms. The van der Waals surface area contributed by atoms with Gasteiger partial charge in [0.05, 0.1) is 6.61 Å². The predicted molar refractivity (Wildman–Crippen MR) is 74.9 cm³/mol. The molecule has 1 N–H and O–H groups in total. The Bertz CT molecular complexity index is 445. The number of carboxylic acids is 1. The van der Waals surface area contributed by atoms with Gasteiger partial charge in [0.2, 0.25) is 0 Å². The Labute approximate surface area is 119 Å². The molecule has 0 spiro atoms. The van der Waals surface area contributed by atoms with Crippen LogP contribution in [0.4, 0.5) is 0 Å². The minimum Gasteiger partial charge on any atom is -0.477 e. The van der Waals surface area contributed by atoms with Gasteiger partial charge in [0.15, 0.2) is 0 Å². The van der Waals surface area contributed by atoms with Crippen molar-refractivity contribution < 1.29 is 19.4 Å². The quantitative estimate of drug-likeness (QED) is 0.554. The lowest BCUT2D eigenvalue weighted by atomic mass is 10.1. The normalized spacial score (nSPS) is 10.2. The molecule has 0 fully saturated rings. The van der Waals surface area contributed by atoms with Crippen molar-refractivity contribution >= 4 is 11.9 Å². The number of hydrogen-bond donors (Lipinski definition) is 1. The number of carbonyl (C=O) groups is 2. The number of unbranched alkanes of at least 4 members (excludes halogenated alkanes) is 5. The highest BCUT2D eigenvalue weighted by atomic mass is 16.5. The molecule has 5 heteroatoms. The SMILES string of the molecule is CCCCCCCCOC(=O)c1cccc(C(=O)O)n1. The van der Waals surface area contributed by atoms with E-state index in [1.54, 1.807) is 0 Å². The van der Waals surface area contributed by atoms with Crippen molar-refractivity contribution in [3.63, 3.8) is 0 Å². The van der Waals surface area contributed by atoms with Gasteiger partial charge in [-0.15, -0.1) is 0 Å². The number of rotatable bonds is 9. The zero-order valence-corrected chi connectivity index (χ0v) is 11.8. The van der Waals surface area contributed by atoms with Crippen LogP contribution >= 0.6 is 0 Å². The molecule has 0 aliphatic carbocycles. The molecule has 0 amide bonds. The third kappa shape index (κ3) is 5.82. The summed E-state index contributed by atoms with van der Waals surface area (Å²) >= 11 is 0. The molecule has 5 nitrogen and oxygen atoms in total. The smallest absolute Gasteiger partial charge is 0.356 e. The van der Waals surface area contributed by atoms with Crippen molar-refractivity contribution in [1.29, 1.82) is 0 Å². The molecule has 0 aromatic carbocycles. The lowest BCUT2D eigenvalue weighted by Crippen LogP contribution is -2.11. The lowest BCUT2D eigenvalue weighted by Gasteiger charge is -2.05. The van der Waals surface area contributed by atoms with E-state index in [1.807, 2.05) is 0 Å². The Morgan fingerprint density at radius 1 is 1.10 bits per heavy atom. The Hall–Kier alpha value is -1.91. The van der Waals surface area contributed by atoms with Crippen LogP contribution in [-0.2, 0) is 4.74 Å². The molecule has 0 saturated heterocycles. The molecule has 1 aromatic heterocycles. The van der Waals surface area contributed by atoms with Gasteiger partial charge >= 0.3 is 11.9 Å². The highest BCUT2D eigenvalue weighted by Crippen LogP contribution is 2.06. The van der Waals surface area contributed by atoms with Gasteiger partial charge in [-0.05, 0) is 18.6 Å². The fraction of sp³-hybridized carbons (Fsp3) is 0.533. The number of nitrogens with zero attached hydrogens (tertiary/aromatic N) is 1. The number of esters is 1. The molecule has 0 atom stereocenters. The Morgan fingerprint density at radius 3 is 2.45 bits per heavy atom. The van der Waals surface area contributed by atoms with E-state index in [2.05, 4.69) is 11.9 Å². The van der Waals surface area contributed by atoms with Gasteiger partial charge < -0.3 is 9.84 Å². The van der Waals surface area contributed by atoms with E-state index >= 15 is 0 Å². The molecule has 110 valence electrons. The number of hydrogen-bond acceptors (Lipinski definition) is 4. The van der Waals surface area contributed by atoms with Crippen LogP contribution < -0.4 is 0 Å². The second kappa shape index (κ2) is 9.07. The minimum atomic E-state index is -1.16. The molecule has 0 saturated carbocycles. The van der Waals surface area contributed by atoms with Gasteiger partial charge in [0.1, 0.15) is 11.4 Å². The summed E-state index contributed by atoms with van der Waals surface area (Å²) in [4.78, 5) is 26.2. The Morgan fingerprint density at radius 2 is 1.75 bits per heavy atom. The molecular formula is C15H21NO4. The van der Waals surface area contributed by atoms with Crippen molar-refractivity contribution in [2.24, 2.45) is 0 Å². The zero-order chi connectivity index (χ0) is 14.8. The van der Waals surface area contributed by atoms with Gasteiger partial charge in [-0.1, -0.05) is 45.1 Å². The van der Waals surface area contributed by atoms with Gasteiger partial charge in [-0.25, -0.2) is 14.6 Å². The highest BCUT2D eigenvalue weighted by Gasteiger charge is 2.12. The highest BCUT2D eigenvalue weighted by molar-refractivity contribution is 5.90. The van der Waals surface area contributed by atoms with Crippen LogP contribution in [0.25, 0.3) is 0 Å². The molecule has 0 aliphatic rings. The maximum absolute atomic E-state index is 11.7. The summed E-state index contributed by atoms with van der Waals surface area (Å²) in [6, 6.07) is 4.28. The number of aromatic carboxylic acids is 1. The lowest BCUT2D eigenvalue weighted by molar-refractivity contribution is 0.0490. The fourth-order valence-corrected chi connectivity index (χ4v) is 1.79. The monoisotopic (exact) mass is 279 g/mol. The number of carbonyl (C=O) groups excluding carboxylic acids is 1. The van der Waals surface area contributed by atoms with E-state index in [1.165, 1.54) is 37.5 Å². The number of carboxylic acid groups (broad SMARTS) is 1.